The molecule has 0 saturated carbocycles. The highest BCUT2D eigenvalue weighted by atomic mass is 35.5. The third kappa shape index (κ3) is 3.07. The van der Waals surface area contributed by atoms with Gasteiger partial charge < -0.3 is 9.42 Å². The topological polar surface area (TPSA) is 80.8 Å². The normalized spacial score (nSPS) is 15.6. The van der Waals surface area contributed by atoms with Crippen molar-refractivity contribution in [3.8, 4) is 11.4 Å². The highest BCUT2D eigenvalue weighted by Gasteiger charge is 2.26. The molecule has 0 atom stereocenters. The Balaban J connectivity index is 1.44. The maximum atomic E-state index is 5.93. The summed E-state index contributed by atoms with van der Waals surface area (Å²) in [5, 5.41) is 4.53. The Labute approximate surface area is 143 Å². The monoisotopic (exact) mass is 342 g/mol. The molecule has 8 heteroatoms. The van der Waals surface area contributed by atoms with E-state index in [9.17, 15) is 0 Å². The van der Waals surface area contributed by atoms with E-state index >= 15 is 0 Å². The maximum absolute atomic E-state index is 5.93. The van der Waals surface area contributed by atoms with Crippen LogP contribution in [0.4, 0.5) is 5.82 Å². The van der Waals surface area contributed by atoms with Gasteiger partial charge in [0.05, 0.1) is 0 Å². The Morgan fingerprint density at radius 1 is 1.21 bits per heavy atom. The summed E-state index contributed by atoms with van der Waals surface area (Å²) < 4.78 is 5.46. The quantitative estimate of drug-likeness (QED) is 0.677. The van der Waals surface area contributed by atoms with Crippen molar-refractivity contribution >= 4 is 17.4 Å². The lowest BCUT2D eigenvalue weighted by atomic mass is 9.97. The molecule has 122 valence electrons. The van der Waals surface area contributed by atoms with Crippen molar-refractivity contribution < 1.29 is 4.52 Å². The Morgan fingerprint density at radius 3 is 2.83 bits per heavy atom. The van der Waals surface area contributed by atoms with Gasteiger partial charge in [-0.05, 0) is 25.0 Å². The number of halogens is 1. The standard InChI is InChI=1S/C16H15ClN6O/c17-13-8-14(20-10-19-13)23-6-3-11(4-7-23)16-21-15(22-24-16)12-2-1-5-18-9-12/h1-2,5,8-11H,3-4,6-7H2. The minimum absolute atomic E-state index is 0.261. The van der Waals surface area contributed by atoms with Crippen molar-refractivity contribution in [1.29, 1.82) is 0 Å². The predicted molar refractivity (Wildman–Crippen MR) is 88.8 cm³/mol. The summed E-state index contributed by atoms with van der Waals surface area (Å²) in [6.45, 7) is 1.73. The molecule has 3 aromatic rings. The Hall–Kier alpha value is -2.54. The summed E-state index contributed by atoms with van der Waals surface area (Å²) in [6.07, 6.45) is 6.80. The van der Waals surface area contributed by atoms with E-state index in [2.05, 4.69) is 30.0 Å². The molecule has 24 heavy (non-hydrogen) atoms. The van der Waals surface area contributed by atoms with E-state index in [4.69, 9.17) is 16.1 Å². The number of hydrogen-bond donors (Lipinski definition) is 0. The van der Waals surface area contributed by atoms with Crippen LogP contribution in [0.5, 0.6) is 0 Å². The second-order valence-electron chi connectivity index (χ2n) is 5.66. The SMILES string of the molecule is Clc1cc(N2CCC(c3nc(-c4cccnc4)no3)CC2)ncn1. The number of aromatic nitrogens is 5. The van der Waals surface area contributed by atoms with Gasteiger partial charge in [-0.15, -0.1) is 0 Å². The van der Waals surface area contributed by atoms with Gasteiger partial charge in [0.25, 0.3) is 0 Å². The van der Waals surface area contributed by atoms with E-state index in [1.807, 2.05) is 12.1 Å². The van der Waals surface area contributed by atoms with Crippen LogP contribution >= 0.6 is 11.6 Å². The van der Waals surface area contributed by atoms with Crippen molar-refractivity contribution in [3.63, 3.8) is 0 Å². The number of anilines is 1. The molecule has 1 saturated heterocycles. The van der Waals surface area contributed by atoms with Crippen LogP contribution in [0.2, 0.25) is 5.15 Å². The first-order chi connectivity index (χ1) is 11.8. The van der Waals surface area contributed by atoms with E-state index < -0.39 is 0 Å². The molecule has 0 unspecified atom stereocenters. The van der Waals surface area contributed by atoms with Crippen molar-refractivity contribution in [1.82, 2.24) is 25.1 Å². The molecule has 1 aliphatic heterocycles. The molecule has 3 aromatic heterocycles. The largest absolute Gasteiger partial charge is 0.356 e. The second kappa shape index (κ2) is 6.52. The van der Waals surface area contributed by atoms with Crippen LogP contribution in [0.3, 0.4) is 0 Å². The molecule has 0 radical (unpaired) electrons. The van der Waals surface area contributed by atoms with Gasteiger partial charge in [-0.1, -0.05) is 16.8 Å². The lowest BCUT2D eigenvalue weighted by Gasteiger charge is -2.31. The molecule has 1 fully saturated rings. The molecule has 4 heterocycles. The minimum atomic E-state index is 0.261. The van der Waals surface area contributed by atoms with Gasteiger partial charge in [0.2, 0.25) is 11.7 Å². The average molecular weight is 343 g/mol. The van der Waals surface area contributed by atoms with Crippen LogP contribution in [-0.2, 0) is 0 Å². The van der Waals surface area contributed by atoms with Crippen LogP contribution in [0.1, 0.15) is 24.7 Å². The number of rotatable bonds is 3. The average Bonchev–Trinajstić information content (AvgIpc) is 3.13. The predicted octanol–water partition coefficient (Wildman–Crippen LogP) is 2.96. The highest BCUT2D eigenvalue weighted by Crippen LogP contribution is 2.30. The van der Waals surface area contributed by atoms with Gasteiger partial charge in [0.1, 0.15) is 17.3 Å². The molecule has 1 aliphatic rings. The fourth-order valence-electron chi connectivity index (χ4n) is 2.87. The van der Waals surface area contributed by atoms with Crippen molar-refractivity contribution in [3.05, 3.63) is 48.0 Å². The first-order valence-corrected chi connectivity index (χ1v) is 8.14. The third-order valence-electron chi connectivity index (χ3n) is 4.15. The molecule has 0 amide bonds. The van der Waals surface area contributed by atoms with E-state index in [0.717, 1.165) is 37.3 Å². The van der Waals surface area contributed by atoms with E-state index in [-0.39, 0.29) is 5.92 Å². The van der Waals surface area contributed by atoms with Gasteiger partial charge in [-0.3, -0.25) is 4.98 Å². The van der Waals surface area contributed by atoms with Crippen LogP contribution in [0.15, 0.2) is 41.4 Å². The van der Waals surface area contributed by atoms with Gasteiger partial charge in [-0.25, -0.2) is 9.97 Å². The number of piperidine rings is 1. The summed E-state index contributed by atoms with van der Waals surface area (Å²) in [5.74, 6) is 2.39. The molecule has 0 N–H and O–H groups in total. The van der Waals surface area contributed by atoms with Crippen molar-refractivity contribution in [2.45, 2.75) is 18.8 Å². The summed E-state index contributed by atoms with van der Waals surface area (Å²) in [5.41, 5.74) is 0.862. The number of hydrogen-bond acceptors (Lipinski definition) is 7. The van der Waals surface area contributed by atoms with Crippen LogP contribution in [-0.4, -0.2) is 38.2 Å². The first-order valence-electron chi connectivity index (χ1n) is 7.76. The van der Waals surface area contributed by atoms with E-state index in [1.54, 1.807) is 18.5 Å². The molecule has 7 nitrogen and oxygen atoms in total. The molecule has 0 spiro atoms. The van der Waals surface area contributed by atoms with Crippen LogP contribution in [0.25, 0.3) is 11.4 Å². The first kappa shape index (κ1) is 15.0. The molecule has 0 aliphatic carbocycles. The fourth-order valence-corrected chi connectivity index (χ4v) is 3.01. The van der Waals surface area contributed by atoms with Crippen molar-refractivity contribution in [2.24, 2.45) is 0 Å². The Kier molecular flexibility index (Phi) is 4.08. The fraction of sp³-hybridized carbons (Fsp3) is 0.312. The second-order valence-corrected chi connectivity index (χ2v) is 6.05. The van der Waals surface area contributed by atoms with E-state index in [0.29, 0.717) is 16.9 Å². The van der Waals surface area contributed by atoms with Gasteiger partial charge in [0.15, 0.2) is 0 Å². The molecule has 0 bridgehead atoms. The van der Waals surface area contributed by atoms with Gasteiger partial charge in [-0.2, -0.15) is 4.98 Å². The number of pyridine rings is 1. The lowest BCUT2D eigenvalue weighted by molar-refractivity contribution is 0.329. The van der Waals surface area contributed by atoms with Crippen molar-refractivity contribution in [2.75, 3.05) is 18.0 Å². The zero-order chi connectivity index (χ0) is 16.4. The van der Waals surface area contributed by atoms with Crippen LogP contribution < -0.4 is 4.90 Å². The Bertz CT molecular complexity index is 816. The molecular formula is C16H15ClN6O. The summed E-state index contributed by atoms with van der Waals surface area (Å²) >= 11 is 5.93. The maximum Gasteiger partial charge on any atom is 0.230 e. The Morgan fingerprint density at radius 2 is 2.08 bits per heavy atom. The third-order valence-corrected chi connectivity index (χ3v) is 4.36. The molecule has 4 rings (SSSR count). The summed E-state index contributed by atoms with van der Waals surface area (Å²) in [6, 6.07) is 5.56. The van der Waals surface area contributed by atoms with E-state index in [1.165, 1.54) is 6.33 Å². The molecular weight excluding hydrogens is 328 g/mol. The minimum Gasteiger partial charge on any atom is -0.356 e. The smallest absolute Gasteiger partial charge is 0.230 e. The number of nitrogens with zero attached hydrogens (tertiary/aromatic N) is 6. The highest BCUT2D eigenvalue weighted by molar-refractivity contribution is 6.29. The summed E-state index contributed by atoms with van der Waals surface area (Å²) in [7, 11) is 0. The molecule has 0 aromatic carbocycles. The van der Waals surface area contributed by atoms with Gasteiger partial charge >= 0.3 is 0 Å². The summed E-state index contributed by atoms with van der Waals surface area (Å²) in [4.78, 5) is 19.0. The lowest BCUT2D eigenvalue weighted by Crippen LogP contribution is -2.33. The van der Waals surface area contributed by atoms with Gasteiger partial charge in [0, 0.05) is 43.0 Å². The zero-order valence-electron chi connectivity index (χ0n) is 12.8. The van der Waals surface area contributed by atoms with Crippen LogP contribution in [0, 0.1) is 0 Å². The zero-order valence-corrected chi connectivity index (χ0v) is 13.6.